The van der Waals surface area contributed by atoms with Gasteiger partial charge >= 0.3 is 0 Å². The molecule has 3 nitrogen and oxygen atoms in total. The number of thiazole rings is 1. The van der Waals surface area contributed by atoms with Crippen LogP contribution in [0.15, 0.2) is 0 Å². The summed E-state index contributed by atoms with van der Waals surface area (Å²) in [6, 6.07) is 0. The highest BCUT2D eigenvalue weighted by atomic mass is 32.1. The molecule has 2 heterocycles. The molecule has 1 fully saturated rings. The average molecular weight is 295 g/mol. The zero-order chi connectivity index (χ0) is 14.8. The van der Waals surface area contributed by atoms with E-state index in [-0.39, 0.29) is 5.54 Å². The topological polar surface area (TPSA) is 28.2 Å². The highest BCUT2D eigenvalue weighted by Gasteiger charge is 2.22. The van der Waals surface area contributed by atoms with Crippen molar-refractivity contribution in [3.63, 3.8) is 0 Å². The maximum atomic E-state index is 4.68. The van der Waals surface area contributed by atoms with Gasteiger partial charge in [-0.15, -0.1) is 11.3 Å². The van der Waals surface area contributed by atoms with Gasteiger partial charge in [-0.2, -0.15) is 0 Å². The third-order valence-electron chi connectivity index (χ3n) is 3.96. The van der Waals surface area contributed by atoms with Gasteiger partial charge < -0.3 is 5.32 Å². The van der Waals surface area contributed by atoms with Crippen molar-refractivity contribution in [3.8, 4) is 0 Å². The highest BCUT2D eigenvalue weighted by molar-refractivity contribution is 7.11. The first-order valence-corrected chi connectivity index (χ1v) is 8.55. The van der Waals surface area contributed by atoms with Gasteiger partial charge in [0.1, 0.15) is 5.01 Å². The van der Waals surface area contributed by atoms with E-state index in [1.165, 1.54) is 41.5 Å². The van der Waals surface area contributed by atoms with Crippen LogP contribution in [0.3, 0.4) is 0 Å². The van der Waals surface area contributed by atoms with E-state index in [2.05, 4.69) is 49.8 Å². The summed E-state index contributed by atoms with van der Waals surface area (Å²) in [6.45, 7) is 15.6. The van der Waals surface area contributed by atoms with E-state index in [0.717, 1.165) is 19.0 Å². The molecule has 1 atom stereocenters. The summed E-state index contributed by atoms with van der Waals surface area (Å²) >= 11 is 1.86. The molecule has 1 N–H and O–H groups in total. The van der Waals surface area contributed by atoms with Gasteiger partial charge in [-0.1, -0.05) is 0 Å². The lowest BCUT2D eigenvalue weighted by molar-refractivity contribution is 0.159. The van der Waals surface area contributed by atoms with Gasteiger partial charge in [-0.3, -0.25) is 4.90 Å². The first kappa shape index (κ1) is 15.9. The normalized spacial score (nSPS) is 21.4. The maximum absolute atomic E-state index is 4.68. The van der Waals surface area contributed by atoms with Crippen molar-refractivity contribution in [2.24, 2.45) is 5.92 Å². The molecular weight excluding hydrogens is 266 g/mol. The fraction of sp³-hybridized carbons (Fsp3) is 0.812. The number of likely N-dealkylation sites (tertiary alicyclic amines) is 1. The molecule has 0 amide bonds. The summed E-state index contributed by atoms with van der Waals surface area (Å²) < 4.78 is 0. The van der Waals surface area contributed by atoms with E-state index in [4.69, 9.17) is 0 Å². The lowest BCUT2D eigenvalue weighted by atomic mass is 9.96. The van der Waals surface area contributed by atoms with E-state index in [9.17, 15) is 0 Å². The number of hydrogen-bond acceptors (Lipinski definition) is 4. The number of aromatic nitrogens is 1. The highest BCUT2D eigenvalue weighted by Crippen LogP contribution is 2.22. The number of hydrogen-bond donors (Lipinski definition) is 1. The maximum Gasteiger partial charge on any atom is 0.107 e. The minimum atomic E-state index is 0.228. The van der Waals surface area contributed by atoms with Crippen molar-refractivity contribution >= 4 is 11.3 Å². The van der Waals surface area contributed by atoms with Crippen molar-refractivity contribution in [2.75, 3.05) is 19.6 Å². The molecule has 0 saturated carbocycles. The van der Waals surface area contributed by atoms with Crippen molar-refractivity contribution in [1.82, 2.24) is 15.2 Å². The molecule has 114 valence electrons. The molecule has 1 unspecified atom stereocenters. The fourth-order valence-electron chi connectivity index (χ4n) is 2.71. The Morgan fingerprint density at radius 2 is 2.10 bits per heavy atom. The second-order valence-electron chi connectivity index (χ2n) is 7.12. The monoisotopic (exact) mass is 295 g/mol. The van der Waals surface area contributed by atoms with Gasteiger partial charge in [0, 0.05) is 17.0 Å². The zero-order valence-corrected chi connectivity index (χ0v) is 14.4. The Hall–Kier alpha value is -0.450. The van der Waals surface area contributed by atoms with Gasteiger partial charge in [0.25, 0.3) is 0 Å². The van der Waals surface area contributed by atoms with Crippen LogP contribution in [0.25, 0.3) is 0 Å². The number of nitrogens with zero attached hydrogens (tertiary/aromatic N) is 2. The lowest BCUT2D eigenvalue weighted by Gasteiger charge is -2.34. The molecule has 20 heavy (non-hydrogen) atoms. The van der Waals surface area contributed by atoms with Crippen molar-refractivity contribution < 1.29 is 0 Å². The van der Waals surface area contributed by atoms with E-state index < -0.39 is 0 Å². The van der Waals surface area contributed by atoms with Crippen LogP contribution in [0, 0.1) is 19.8 Å². The Labute approximate surface area is 127 Å². The van der Waals surface area contributed by atoms with Gasteiger partial charge in [0.2, 0.25) is 0 Å². The minimum absolute atomic E-state index is 0.228. The summed E-state index contributed by atoms with van der Waals surface area (Å²) in [4.78, 5) is 8.62. The molecule has 1 aliphatic heterocycles. The number of nitrogens with one attached hydrogen (secondary N) is 1. The molecule has 1 aliphatic rings. The van der Waals surface area contributed by atoms with Gasteiger partial charge in [0.05, 0.1) is 12.2 Å². The Morgan fingerprint density at radius 1 is 1.35 bits per heavy atom. The van der Waals surface area contributed by atoms with E-state index in [1.807, 2.05) is 11.3 Å². The number of piperidine rings is 1. The van der Waals surface area contributed by atoms with Crippen molar-refractivity contribution in [3.05, 3.63) is 15.6 Å². The molecule has 0 radical (unpaired) electrons. The molecule has 2 rings (SSSR count). The van der Waals surface area contributed by atoms with Crippen LogP contribution < -0.4 is 5.32 Å². The molecule has 0 aliphatic carbocycles. The molecule has 1 saturated heterocycles. The second-order valence-corrected chi connectivity index (χ2v) is 8.41. The molecule has 1 aromatic rings. The minimum Gasteiger partial charge on any atom is -0.312 e. The van der Waals surface area contributed by atoms with Crippen LogP contribution in [-0.2, 0) is 6.54 Å². The Balaban J connectivity index is 1.84. The predicted octanol–water partition coefficient (Wildman–Crippen LogP) is 3.36. The van der Waals surface area contributed by atoms with Gasteiger partial charge in [-0.25, -0.2) is 4.98 Å². The lowest BCUT2D eigenvalue weighted by Crippen LogP contribution is -2.44. The van der Waals surface area contributed by atoms with Gasteiger partial charge in [-0.05, 0) is 66.5 Å². The second kappa shape index (κ2) is 6.54. The molecule has 0 aromatic carbocycles. The van der Waals surface area contributed by atoms with Crippen LogP contribution in [0.4, 0.5) is 0 Å². The Kier molecular flexibility index (Phi) is 5.21. The third kappa shape index (κ3) is 4.83. The van der Waals surface area contributed by atoms with Crippen molar-refractivity contribution in [2.45, 2.75) is 59.5 Å². The predicted molar refractivity (Wildman–Crippen MR) is 87.3 cm³/mol. The van der Waals surface area contributed by atoms with Crippen LogP contribution in [-0.4, -0.2) is 35.1 Å². The Morgan fingerprint density at radius 3 is 2.70 bits per heavy atom. The first-order chi connectivity index (χ1) is 9.33. The van der Waals surface area contributed by atoms with E-state index in [1.54, 1.807) is 0 Å². The quantitative estimate of drug-likeness (QED) is 0.923. The SMILES string of the molecule is Cc1nc(CN2CCCC(CNC(C)(C)C)C2)sc1C. The van der Waals surface area contributed by atoms with E-state index in [0.29, 0.717) is 0 Å². The molecule has 0 bridgehead atoms. The molecule has 4 heteroatoms. The van der Waals surface area contributed by atoms with Gasteiger partial charge in [0.15, 0.2) is 0 Å². The zero-order valence-electron chi connectivity index (χ0n) is 13.6. The van der Waals surface area contributed by atoms with Crippen LogP contribution >= 0.6 is 11.3 Å². The van der Waals surface area contributed by atoms with Crippen LogP contribution in [0.2, 0.25) is 0 Å². The summed E-state index contributed by atoms with van der Waals surface area (Å²) in [7, 11) is 0. The van der Waals surface area contributed by atoms with Crippen LogP contribution in [0.5, 0.6) is 0 Å². The summed E-state index contributed by atoms with van der Waals surface area (Å²) in [5.74, 6) is 0.783. The average Bonchev–Trinajstić information content (AvgIpc) is 2.65. The molecular formula is C16H29N3S. The first-order valence-electron chi connectivity index (χ1n) is 7.74. The third-order valence-corrected chi connectivity index (χ3v) is 5.01. The fourth-order valence-corrected chi connectivity index (χ4v) is 3.69. The Bertz CT molecular complexity index is 414. The van der Waals surface area contributed by atoms with E-state index >= 15 is 0 Å². The summed E-state index contributed by atoms with van der Waals surface area (Å²) in [6.07, 6.45) is 2.68. The van der Waals surface area contributed by atoms with Crippen molar-refractivity contribution in [1.29, 1.82) is 0 Å². The smallest absolute Gasteiger partial charge is 0.107 e. The number of rotatable bonds is 4. The van der Waals surface area contributed by atoms with Crippen LogP contribution in [0.1, 0.15) is 49.2 Å². The number of aryl methyl sites for hydroxylation is 2. The summed E-state index contributed by atoms with van der Waals surface area (Å²) in [5.41, 5.74) is 1.43. The largest absolute Gasteiger partial charge is 0.312 e. The molecule has 0 spiro atoms. The summed E-state index contributed by atoms with van der Waals surface area (Å²) in [5, 5.41) is 4.93. The molecule has 1 aromatic heterocycles. The standard InChI is InChI=1S/C16H29N3S/c1-12-13(2)20-15(18-12)11-19-8-6-7-14(10-19)9-17-16(3,4)5/h14,17H,6-11H2,1-5H3.